The molecule has 0 radical (unpaired) electrons. The van der Waals surface area contributed by atoms with Gasteiger partial charge in [0.05, 0.1) is 10.6 Å². The van der Waals surface area contributed by atoms with Crippen LogP contribution in [0.3, 0.4) is 0 Å². The normalized spacial score (nSPS) is 10.9. The Bertz CT molecular complexity index is 688. The number of aromatic amines is 1. The van der Waals surface area contributed by atoms with Crippen LogP contribution in [0.15, 0.2) is 33.5 Å². The van der Waals surface area contributed by atoms with Crippen LogP contribution in [0.25, 0.3) is 5.69 Å². The van der Waals surface area contributed by atoms with E-state index in [1.807, 2.05) is 13.8 Å². The van der Waals surface area contributed by atoms with Gasteiger partial charge >= 0.3 is 0 Å². The van der Waals surface area contributed by atoms with Gasteiger partial charge in [0.2, 0.25) is 0 Å². The van der Waals surface area contributed by atoms with E-state index < -0.39 is 4.92 Å². The van der Waals surface area contributed by atoms with E-state index in [2.05, 4.69) is 21.0 Å². The lowest BCUT2D eigenvalue weighted by Crippen LogP contribution is -2.16. The number of nitrogens with zero attached hydrogens (tertiary/aromatic N) is 2. The smallest absolute Gasteiger partial charge is 0.293 e. The van der Waals surface area contributed by atoms with Crippen LogP contribution in [0.4, 0.5) is 5.69 Å². The second-order valence-electron chi connectivity index (χ2n) is 4.38. The van der Waals surface area contributed by atoms with Crippen molar-refractivity contribution in [2.45, 2.75) is 19.8 Å². The minimum absolute atomic E-state index is 0.103. The minimum atomic E-state index is -0.508. The Hall–Kier alpha value is -1.89. The van der Waals surface area contributed by atoms with Crippen LogP contribution in [0.1, 0.15) is 25.5 Å². The number of para-hydroxylation sites is 2. The third kappa shape index (κ3) is 2.33. The molecule has 2 rings (SSSR count). The summed E-state index contributed by atoms with van der Waals surface area (Å²) in [7, 11) is 0. The van der Waals surface area contributed by atoms with E-state index >= 15 is 0 Å². The summed E-state index contributed by atoms with van der Waals surface area (Å²) >= 11 is 3.23. The van der Waals surface area contributed by atoms with Gasteiger partial charge < -0.3 is 0 Å². The second kappa shape index (κ2) is 5.00. The Balaban J connectivity index is 2.70. The summed E-state index contributed by atoms with van der Waals surface area (Å²) in [5.74, 6) is 0.103. The molecule has 0 fully saturated rings. The summed E-state index contributed by atoms with van der Waals surface area (Å²) in [6, 6.07) is 6.12. The standard InChI is InChI=1S/C12H12BrN3O3/c1-7(2)11-10(13)12(17)15(14-11)8-5-3-4-6-9(8)16(18)19/h3-7,14H,1-2H3. The number of nitro benzene ring substituents is 1. The molecule has 1 aromatic carbocycles. The van der Waals surface area contributed by atoms with Crippen LogP contribution in [0.2, 0.25) is 0 Å². The molecule has 0 aliphatic carbocycles. The Morgan fingerprint density at radius 1 is 1.37 bits per heavy atom. The topological polar surface area (TPSA) is 80.9 Å². The van der Waals surface area contributed by atoms with E-state index in [1.165, 1.54) is 16.8 Å². The van der Waals surface area contributed by atoms with E-state index in [0.717, 1.165) is 0 Å². The van der Waals surface area contributed by atoms with Crippen LogP contribution in [0.5, 0.6) is 0 Å². The molecule has 7 heteroatoms. The molecule has 100 valence electrons. The maximum atomic E-state index is 12.1. The second-order valence-corrected chi connectivity index (χ2v) is 5.17. The fourth-order valence-corrected chi connectivity index (χ4v) is 2.52. The van der Waals surface area contributed by atoms with Crippen LogP contribution in [-0.2, 0) is 0 Å². The molecule has 0 bridgehead atoms. The molecule has 1 N–H and O–H groups in total. The molecule has 0 amide bonds. The molecular formula is C12H12BrN3O3. The maximum absolute atomic E-state index is 12.1. The molecule has 0 aliphatic heterocycles. The molecular weight excluding hydrogens is 314 g/mol. The largest absolute Gasteiger partial charge is 0.294 e. The zero-order valence-electron chi connectivity index (χ0n) is 10.4. The summed E-state index contributed by atoms with van der Waals surface area (Å²) in [6.07, 6.45) is 0. The molecule has 2 aromatic rings. The first-order valence-corrected chi connectivity index (χ1v) is 6.47. The van der Waals surface area contributed by atoms with E-state index in [0.29, 0.717) is 10.2 Å². The van der Waals surface area contributed by atoms with Gasteiger partial charge in [0.15, 0.2) is 0 Å². The number of hydrogen-bond donors (Lipinski definition) is 1. The van der Waals surface area contributed by atoms with Crippen molar-refractivity contribution in [1.82, 2.24) is 9.78 Å². The van der Waals surface area contributed by atoms with Gasteiger partial charge in [-0.2, -0.15) is 0 Å². The molecule has 1 heterocycles. The lowest BCUT2D eigenvalue weighted by atomic mass is 10.1. The molecule has 0 saturated carbocycles. The Kier molecular flexibility index (Phi) is 3.57. The van der Waals surface area contributed by atoms with Gasteiger partial charge in [0, 0.05) is 6.07 Å². The lowest BCUT2D eigenvalue weighted by Gasteiger charge is -2.04. The highest BCUT2D eigenvalue weighted by Gasteiger charge is 2.20. The highest BCUT2D eigenvalue weighted by molar-refractivity contribution is 9.10. The minimum Gasteiger partial charge on any atom is -0.293 e. The fraction of sp³-hybridized carbons (Fsp3) is 0.250. The summed E-state index contributed by atoms with van der Waals surface area (Å²) in [4.78, 5) is 22.6. The molecule has 0 atom stereocenters. The number of hydrogen-bond acceptors (Lipinski definition) is 3. The highest BCUT2D eigenvalue weighted by atomic mass is 79.9. The van der Waals surface area contributed by atoms with Crippen LogP contribution in [-0.4, -0.2) is 14.7 Å². The maximum Gasteiger partial charge on any atom is 0.294 e. The summed E-state index contributed by atoms with van der Waals surface area (Å²) < 4.78 is 1.60. The van der Waals surface area contributed by atoms with Crippen molar-refractivity contribution in [3.05, 3.63) is 54.9 Å². The van der Waals surface area contributed by atoms with Crippen LogP contribution in [0, 0.1) is 10.1 Å². The van der Waals surface area contributed by atoms with Gasteiger partial charge in [-0.1, -0.05) is 26.0 Å². The summed E-state index contributed by atoms with van der Waals surface area (Å²) in [5.41, 5.74) is 0.486. The first-order valence-electron chi connectivity index (χ1n) is 5.67. The number of nitro groups is 1. The van der Waals surface area contributed by atoms with Gasteiger partial charge in [-0.15, -0.1) is 0 Å². The first kappa shape index (κ1) is 13.5. The SMILES string of the molecule is CC(C)c1[nH]n(-c2ccccc2[N+](=O)[O-])c(=O)c1Br. The molecule has 19 heavy (non-hydrogen) atoms. The average molecular weight is 326 g/mol. The Morgan fingerprint density at radius 2 is 2.00 bits per heavy atom. The molecule has 6 nitrogen and oxygen atoms in total. The molecule has 0 saturated heterocycles. The third-order valence-corrected chi connectivity index (χ3v) is 3.52. The molecule has 1 aromatic heterocycles. The summed E-state index contributed by atoms with van der Waals surface area (Å²) in [5, 5.41) is 13.9. The van der Waals surface area contributed by atoms with Crippen molar-refractivity contribution >= 4 is 21.6 Å². The highest BCUT2D eigenvalue weighted by Crippen LogP contribution is 2.24. The van der Waals surface area contributed by atoms with E-state index in [9.17, 15) is 14.9 Å². The predicted octanol–water partition coefficient (Wildman–Crippen LogP) is 2.96. The predicted molar refractivity (Wildman–Crippen MR) is 74.8 cm³/mol. The number of benzene rings is 1. The number of nitrogens with one attached hydrogen (secondary N) is 1. The van der Waals surface area contributed by atoms with Crippen molar-refractivity contribution in [2.24, 2.45) is 0 Å². The molecule has 0 aliphatic rings. The van der Waals surface area contributed by atoms with Gasteiger partial charge in [-0.3, -0.25) is 20.0 Å². The number of halogens is 1. The lowest BCUT2D eigenvalue weighted by molar-refractivity contribution is -0.384. The van der Waals surface area contributed by atoms with E-state index in [1.54, 1.807) is 12.1 Å². The van der Waals surface area contributed by atoms with Gasteiger partial charge in [0.25, 0.3) is 11.2 Å². The summed E-state index contributed by atoms with van der Waals surface area (Å²) in [6.45, 7) is 3.86. The van der Waals surface area contributed by atoms with Crippen molar-refractivity contribution in [3.8, 4) is 5.69 Å². The van der Waals surface area contributed by atoms with Crippen molar-refractivity contribution in [3.63, 3.8) is 0 Å². The monoisotopic (exact) mass is 325 g/mol. The zero-order valence-corrected chi connectivity index (χ0v) is 12.0. The quantitative estimate of drug-likeness (QED) is 0.695. The fourth-order valence-electron chi connectivity index (χ4n) is 1.79. The van der Waals surface area contributed by atoms with Crippen molar-refractivity contribution in [2.75, 3.05) is 0 Å². The average Bonchev–Trinajstić information content (AvgIpc) is 2.66. The van der Waals surface area contributed by atoms with Gasteiger partial charge in [-0.05, 0) is 27.9 Å². The molecule has 0 spiro atoms. The number of aromatic nitrogens is 2. The Morgan fingerprint density at radius 3 is 2.53 bits per heavy atom. The number of rotatable bonds is 3. The van der Waals surface area contributed by atoms with Gasteiger partial charge in [-0.25, -0.2) is 4.68 Å². The van der Waals surface area contributed by atoms with Crippen molar-refractivity contribution in [1.29, 1.82) is 0 Å². The number of H-pyrrole nitrogens is 1. The molecule has 0 unspecified atom stereocenters. The van der Waals surface area contributed by atoms with Gasteiger partial charge in [0.1, 0.15) is 10.2 Å². The zero-order chi connectivity index (χ0) is 14.2. The Labute approximate surface area is 117 Å². The van der Waals surface area contributed by atoms with E-state index in [-0.39, 0.29) is 22.9 Å². The van der Waals surface area contributed by atoms with Crippen LogP contribution < -0.4 is 5.56 Å². The first-order chi connectivity index (χ1) is 8.93. The van der Waals surface area contributed by atoms with E-state index in [4.69, 9.17) is 0 Å². The van der Waals surface area contributed by atoms with Crippen LogP contribution >= 0.6 is 15.9 Å². The third-order valence-electron chi connectivity index (χ3n) is 2.76. The van der Waals surface area contributed by atoms with Crippen molar-refractivity contribution < 1.29 is 4.92 Å².